The molecule has 2 heterocycles. The molecule has 7 heteroatoms. The number of ether oxygens (including phenoxy) is 1. The summed E-state index contributed by atoms with van der Waals surface area (Å²) in [5.74, 6) is 0. The van der Waals surface area contributed by atoms with Gasteiger partial charge in [0.1, 0.15) is 6.10 Å². The number of aliphatic hydroxyl groups is 2. The molecule has 1 aliphatic carbocycles. The SMILES string of the molecule is Cc1cn([C@@H]2C[C@@]3(CO)CO[C@H]2C3O)c(=O)[nH]c1=O. The minimum atomic E-state index is -0.790. The van der Waals surface area contributed by atoms with Crippen LogP contribution in [-0.4, -0.2) is 45.2 Å². The quantitative estimate of drug-likeness (QED) is 0.607. The van der Waals surface area contributed by atoms with Crippen molar-refractivity contribution in [2.45, 2.75) is 31.6 Å². The Labute approximate surface area is 108 Å². The molecular weight excluding hydrogens is 252 g/mol. The second kappa shape index (κ2) is 4.03. The van der Waals surface area contributed by atoms with E-state index in [4.69, 9.17) is 4.74 Å². The predicted octanol–water partition coefficient (Wildman–Crippen LogP) is -1.47. The molecule has 1 aromatic heterocycles. The molecule has 1 aromatic rings. The van der Waals surface area contributed by atoms with Crippen molar-refractivity contribution in [3.63, 3.8) is 0 Å². The lowest BCUT2D eigenvalue weighted by atomic mass is 9.87. The molecule has 104 valence electrons. The highest BCUT2D eigenvalue weighted by Crippen LogP contribution is 2.50. The van der Waals surface area contributed by atoms with Crippen molar-refractivity contribution in [2.75, 3.05) is 13.2 Å². The van der Waals surface area contributed by atoms with Gasteiger partial charge in [-0.05, 0) is 13.3 Å². The van der Waals surface area contributed by atoms with Crippen LogP contribution in [0.5, 0.6) is 0 Å². The number of nitrogens with one attached hydrogen (secondary N) is 1. The van der Waals surface area contributed by atoms with Crippen molar-refractivity contribution >= 4 is 0 Å². The molecular formula is C12H16N2O5. The maximum absolute atomic E-state index is 11.9. The van der Waals surface area contributed by atoms with E-state index in [9.17, 15) is 19.8 Å². The summed E-state index contributed by atoms with van der Waals surface area (Å²) in [6.45, 7) is 1.72. The van der Waals surface area contributed by atoms with Gasteiger partial charge in [-0.1, -0.05) is 0 Å². The number of fused-ring (bicyclic) bond motifs is 2. The molecule has 0 radical (unpaired) electrons. The van der Waals surface area contributed by atoms with Crippen LogP contribution < -0.4 is 11.2 Å². The van der Waals surface area contributed by atoms with Crippen molar-refractivity contribution in [2.24, 2.45) is 5.41 Å². The van der Waals surface area contributed by atoms with Gasteiger partial charge >= 0.3 is 5.69 Å². The molecule has 0 aromatic carbocycles. The van der Waals surface area contributed by atoms with Gasteiger partial charge in [0.25, 0.3) is 5.56 Å². The zero-order valence-corrected chi connectivity index (χ0v) is 10.5. The summed E-state index contributed by atoms with van der Waals surface area (Å²) in [6.07, 6.45) is 0.630. The van der Waals surface area contributed by atoms with Crippen molar-refractivity contribution < 1.29 is 14.9 Å². The van der Waals surface area contributed by atoms with E-state index in [1.165, 1.54) is 10.8 Å². The molecule has 2 bridgehead atoms. The van der Waals surface area contributed by atoms with Crippen LogP contribution in [0.2, 0.25) is 0 Å². The molecule has 2 aliphatic rings. The predicted molar refractivity (Wildman–Crippen MR) is 65.0 cm³/mol. The van der Waals surface area contributed by atoms with E-state index >= 15 is 0 Å². The molecule has 3 rings (SSSR count). The van der Waals surface area contributed by atoms with Gasteiger partial charge in [0.05, 0.1) is 25.4 Å². The summed E-state index contributed by atoms with van der Waals surface area (Å²) in [6, 6.07) is -0.362. The Morgan fingerprint density at radius 2 is 2.32 bits per heavy atom. The van der Waals surface area contributed by atoms with E-state index in [0.717, 1.165) is 0 Å². The van der Waals surface area contributed by atoms with E-state index in [-0.39, 0.29) is 12.6 Å². The van der Waals surface area contributed by atoms with Crippen molar-refractivity contribution in [3.05, 3.63) is 32.6 Å². The molecule has 4 atom stereocenters. The molecule has 0 amide bonds. The van der Waals surface area contributed by atoms with Gasteiger partial charge in [-0.3, -0.25) is 14.3 Å². The number of aromatic nitrogens is 2. The summed E-state index contributed by atoms with van der Waals surface area (Å²) in [5, 5.41) is 19.6. The van der Waals surface area contributed by atoms with Gasteiger partial charge in [-0.15, -0.1) is 0 Å². The zero-order chi connectivity index (χ0) is 13.8. The number of hydrogen-bond acceptors (Lipinski definition) is 5. The maximum Gasteiger partial charge on any atom is 0.328 e. The molecule has 1 saturated carbocycles. The highest BCUT2D eigenvalue weighted by molar-refractivity contribution is 5.11. The van der Waals surface area contributed by atoms with Crippen LogP contribution in [0, 0.1) is 12.3 Å². The number of H-pyrrole nitrogens is 1. The number of aryl methyl sites for hydroxylation is 1. The van der Waals surface area contributed by atoms with E-state index < -0.39 is 28.9 Å². The van der Waals surface area contributed by atoms with Gasteiger partial charge in [-0.25, -0.2) is 4.79 Å². The van der Waals surface area contributed by atoms with E-state index in [1.807, 2.05) is 0 Å². The minimum Gasteiger partial charge on any atom is -0.396 e. The normalized spacial score (nSPS) is 36.9. The third-order valence-electron chi connectivity index (χ3n) is 4.31. The van der Waals surface area contributed by atoms with E-state index in [0.29, 0.717) is 18.6 Å². The molecule has 2 fully saturated rings. The maximum atomic E-state index is 11.9. The monoisotopic (exact) mass is 268 g/mol. The Morgan fingerprint density at radius 3 is 2.95 bits per heavy atom. The van der Waals surface area contributed by atoms with E-state index in [2.05, 4.69) is 4.98 Å². The molecule has 1 saturated heterocycles. The van der Waals surface area contributed by atoms with Crippen LogP contribution in [0.3, 0.4) is 0 Å². The summed E-state index contributed by atoms with van der Waals surface area (Å²) >= 11 is 0. The summed E-state index contributed by atoms with van der Waals surface area (Å²) in [7, 11) is 0. The van der Waals surface area contributed by atoms with Crippen LogP contribution in [0.25, 0.3) is 0 Å². The standard InChI is InChI=1S/C12H16N2O5/c1-6-3-14(11(18)13-10(6)17)7-2-12(4-15)5-19-8(7)9(12)16/h3,7-9,15-16H,2,4-5H2,1H3,(H,13,17,18)/t7-,8-,9?,12-/m1/s1. The fourth-order valence-electron chi connectivity index (χ4n) is 3.11. The zero-order valence-electron chi connectivity index (χ0n) is 10.5. The highest BCUT2D eigenvalue weighted by Gasteiger charge is 2.59. The average molecular weight is 268 g/mol. The molecule has 1 unspecified atom stereocenters. The molecule has 0 spiro atoms. The number of nitrogens with zero attached hydrogens (tertiary/aromatic N) is 1. The third-order valence-corrected chi connectivity index (χ3v) is 4.31. The number of hydrogen-bond donors (Lipinski definition) is 3. The molecule has 1 aliphatic heterocycles. The second-order valence-corrected chi connectivity index (χ2v) is 5.49. The number of rotatable bonds is 2. The third kappa shape index (κ3) is 1.62. The average Bonchev–Trinajstić information content (AvgIpc) is 2.85. The van der Waals surface area contributed by atoms with Crippen molar-refractivity contribution in [1.29, 1.82) is 0 Å². The van der Waals surface area contributed by atoms with Crippen molar-refractivity contribution in [1.82, 2.24) is 9.55 Å². The van der Waals surface area contributed by atoms with Gasteiger partial charge in [-0.2, -0.15) is 0 Å². The van der Waals surface area contributed by atoms with Crippen molar-refractivity contribution in [3.8, 4) is 0 Å². The van der Waals surface area contributed by atoms with Crippen LogP contribution in [0.4, 0.5) is 0 Å². The Balaban J connectivity index is 2.04. The lowest BCUT2D eigenvalue weighted by Crippen LogP contribution is -2.38. The van der Waals surface area contributed by atoms with Gasteiger partial charge in [0.15, 0.2) is 0 Å². The summed E-state index contributed by atoms with van der Waals surface area (Å²) < 4.78 is 6.88. The lowest BCUT2D eigenvalue weighted by molar-refractivity contribution is -0.00379. The summed E-state index contributed by atoms with van der Waals surface area (Å²) in [5.41, 5.74) is -1.20. The van der Waals surface area contributed by atoms with E-state index in [1.54, 1.807) is 6.92 Å². The van der Waals surface area contributed by atoms with Gasteiger partial charge in [0.2, 0.25) is 0 Å². The Hall–Kier alpha value is -1.44. The van der Waals surface area contributed by atoms with Crippen LogP contribution in [-0.2, 0) is 4.74 Å². The van der Waals surface area contributed by atoms with Crippen LogP contribution >= 0.6 is 0 Å². The first-order valence-corrected chi connectivity index (χ1v) is 6.21. The number of aliphatic hydroxyl groups excluding tert-OH is 2. The molecule has 7 nitrogen and oxygen atoms in total. The lowest BCUT2D eigenvalue weighted by Gasteiger charge is -2.28. The van der Waals surface area contributed by atoms with Crippen LogP contribution in [0.1, 0.15) is 18.0 Å². The largest absolute Gasteiger partial charge is 0.396 e. The van der Waals surface area contributed by atoms with Gasteiger partial charge < -0.3 is 14.9 Å². The fraction of sp³-hybridized carbons (Fsp3) is 0.667. The molecule has 19 heavy (non-hydrogen) atoms. The number of aromatic amines is 1. The second-order valence-electron chi connectivity index (χ2n) is 5.49. The van der Waals surface area contributed by atoms with Crippen LogP contribution in [0.15, 0.2) is 15.8 Å². The Kier molecular flexibility index (Phi) is 2.67. The highest BCUT2D eigenvalue weighted by atomic mass is 16.5. The first-order chi connectivity index (χ1) is 8.98. The minimum absolute atomic E-state index is 0.182. The Bertz CT molecular complexity index is 621. The smallest absolute Gasteiger partial charge is 0.328 e. The fourth-order valence-corrected chi connectivity index (χ4v) is 3.11. The molecule has 3 N–H and O–H groups in total. The first kappa shape index (κ1) is 12.6. The topological polar surface area (TPSA) is 105 Å². The first-order valence-electron chi connectivity index (χ1n) is 6.21. The van der Waals surface area contributed by atoms with Gasteiger partial charge in [0, 0.05) is 17.2 Å². The Morgan fingerprint density at radius 1 is 1.58 bits per heavy atom. The summed E-state index contributed by atoms with van der Waals surface area (Å²) in [4.78, 5) is 25.5.